The molecule has 1 fully saturated rings. The van der Waals surface area contributed by atoms with Crippen molar-refractivity contribution in [3.8, 4) is 0 Å². The van der Waals surface area contributed by atoms with E-state index >= 15 is 0 Å². The monoisotopic (exact) mass is 316 g/mol. The van der Waals surface area contributed by atoms with Crippen molar-refractivity contribution in [3.05, 3.63) is 16.4 Å². The van der Waals surface area contributed by atoms with Crippen molar-refractivity contribution in [1.82, 2.24) is 15.2 Å². The van der Waals surface area contributed by atoms with Crippen LogP contribution in [-0.2, 0) is 4.74 Å². The highest BCUT2D eigenvalue weighted by molar-refractivity contribution is 9.10. The van der Waals surface area contributed by atoms with Crippen LogP contribution < -0.4 is 11.3 Å². The number of nitrogens with zero attached hydrogens (tertiary/aromatic N) is 2. The Kier molecular flexibility index (Phi) is 4.77. The van der Waals surface area contributed by atoms with Gasteiger partial charge in [-0.2, -0.15) is 5.10 Å². The van der Waals surface area contributed by atoms with E-state index in [4.69, 9.17) is 10.6 Å². The normalized spacial score (nSPS) is 22.4. The van der Waals surface area contributed by atoms with Crippen LogP contribution >= 0.6 is 15.9 Å². The highest BCUT2D eigenvalue weighted by Gasteiger charge is 2.30. The molecule has 0 spiro atoms. The minimum Gasteiger partial charge on any atom is -0.376 e. The minimum atomic E-state index is -0.0235. The summed E-state index contributed by atoms with van der Waals surface area (Å²) in [4.78, 5) is 0. The van der Waals surface area contributed by atoms with Crippen LogP contribution in [0.5, 0.6) is 0 Å². The fourth-order valence-corrected chi connectivity index (χ4v) is 2.96. The number of halogens is 1. The van der Waals surface area contributed by atoms with E-state index in [-0.39, 0.29) is 12.1 Å². The molecule has 0 bridgehead atoms. The summed E-state index contributed by atoms with van der Waals surface area (Å²) in [5, 5.41) is 4.40. The lowest BCUT2D eigenvalue weighted by Gasteiger charge is -2.31. The second kappa shape index (κ2) is 6.14. The van der Waals surface area contributed by atoms with Crippen molar-refractivity contribution in [2.75, 3.05) is 6.61 Å². The summed E-state index contributed by atoms with van der Waals surface area (Å²) in [7, 11) is 0. The van der Waals surface area contributed by atoms with Crippen molar-refractivity contribution < 1.29 is 4.74 Å². The lowest BCUT2D eigenvalue weighted by Crippen LogP contribution is -2.41. The summed E-state index contributed by atoms with van der Waals surface area (Å²) in [5.41, 5.74) is 3.96. The maximum Gasteiger partial charge on any atom is 0.0901 e. The molecule has 1 aromatic rings. The Morgan fingerprint density at radius 2 is 2.33 bits per heavy atom. The SMILES string of the molecule is CC(C)n1ncc(Br)c1C(NN)C1CCCCO1. The molecular formula is C12H21BrN4O. The summed E-state index contributed by atoms with van der Waals surface area (Å²) in [6.07, 6.45) is 5.30. The maximum absolute atomic E-state index is 5.84. The Morgan fingerprint density at radius 3 is 2.89 bits per heavy atom. The first kappa shape index (κ1) is 14.0. The molecule has 1 aliphatic heterocycles. The van der Waals surface area contributed by atoms with Crippen LogP contribution in [0.25, 0.3) is 0 Å². The van der Waals surface area contributed by atoms with Gasteiger partial charge in [0.25, 0.3) is 0 Å². The van der Waals surface area contributed by atoms with Gasteiger partial charge >= 0.3 is 0 Å². The minimum absolute atomic E-state index is 0.0235. The van der Waals surface area contributed by atoms with Gasteiger partial charge in [0.05, 0.1) is 28.5 Å². The third-order valence-corrected chi connectivity index (χ3v) is 3.95. The molecule has 2 heterocycles. The van der Waals surface area contributed by atoms with Crippen LogP contribution in [0, 0.1) is 0 Å². The highest BCUT2D eigenvalue weighted by atomic mass is 79.9. The summed E-state index contributed by atoms with van der Waals surface area (Å²) in [5.74, 6) is 5.74. The quantitative estimate of drug-likeness (QED) is 0.661. The van der Waals surface area contributed by atoms with E-state index in [2.05, 4.69) is 40.3 Å². The molecule has 0 saturated carbocycles. The zero-order valence-corrected chi connectivity index (χ0v) is 12.5. The number of hydrogen-bond acceptors (Lipinski definition) is 4. The first-order valence-electron chi connectivity index (χ1n) is 6.45. The Bertz CT molecular complexity index is 387. The second-order valence-corrected chi connectivity index (χ2v) is 5.82. The molecule has 0 amide bonds. The Labute approximate surface area is 116 Å². The van der Waals surface area contributed by atoms with Gasteiger partial charge in [0.1, 0.15) is 0 Å². The number of nitrogens with one attached hydrogen (secondary N) is 1. The molecule has 18 heavy (non-hydrogen) atoms. The van der Waals surface area contributed by atoms with Gasteiger partial charge < -0.3 is 4.74 Å². The third kappa shape index (κ3) is 2.77. The zero-order valence-electron chi connectivity index (χ0n) is 10.9. The number of nitrogens with two attached hydrogens (primary N) is 1. The first-order chi connectivity index (χ1) is 8.65. The standard InChI is InChI=1S/C12H21BrN4O/c1-8(2)17-12(9(13)7-15-17)11(16-14)10-5-3-4-6-18-10/h7-8,10-11,16H,3-6,14H2,1-2H3. The van der Waals surface area contributed by atoms with Crippen LogP contribution in [0.4, 0.5) is 0 Å². The average Bonchev–Trinajstić information content (AvgIpc) is 2.74. The van der Waals surface area contributed by atoms with Crippen LogP contribution in [-0.4, -0.2) is 22.5 Å². The molecule has 2 atom stereocenters. The molecule has 1 aliphatic rings. The van der Waals surface area contributed by atoms with Gasteiger partial charge in [-0.1, -0.05) is 0 Å². The molecule has 0 radical (unpaired) electrons. The van der Waals surface area contributed by atoms with E-state index in [1.165, 1.54) is 6.42 Å². The summed E-state index contributed by atoms with van der Waals surface area (Å²) >= 11 is 3.56. The predicted octanol–water partition coefficient (Wildman–Crippen LogP) is 2.30. The molecule has 6 heteroatoms. The molecule has 1 aromatic heterocycles. The van der Waals surface area contributed by atoms with Crippen LogP contribution in [0.3, 0.4) is 0 Å². The van der Waals surface area contributed by atoms with E-state index in [1.54, 1.807) is 0 Å². The summed E-state index contributed by atoms with van der Waals surface area (Å²) in [6.45, 7) is 5.03. The smallest absolute Gasteiger partial charge is 0.0901 e. The van der Waals surface area contributed by atoms with E-state index in [0.717, 1.165) is 29.6 Å². The molecule has 0 aromatic carbocycles. The zero-order chi connectivity index (χ0) is 13.1. The number of rotatable bonds is 4. The fraction of sp³-hybridized carbons (Fsp3) is 0.750. The molecule has 2 rings (SSSR count). The summed E-state index contributed by atoms with van der Waals surface area (Å²) < 4.78 is 8.81. The second-order valence-electron chi connectivity index (χ2n) is 4.97. The first-order valence-corrected chi connectivity index (χ1v) is 7.25. The summed E-state index contributed by atoms with van der Waals surface area (Å²) in [6, 6.07) is 0.273. The van der Waals surface area contributed by atoms with Crippen molar-refractivity contribution in [2.24, 2.45) is 5.84 Å². The molecular weight excluding hydrogens is 296 g/mol. The number of hydrazine groups is 1. The van der Waals surface area contributed by atoms with Gasteiger partial charge in [-0.15, -0.1) is 0 Å². The maximum atomic E-state index is 5.84. The fourth-order valence-electron chi connectivity index (χ4n) is 2.44. The topological polar surface area (TPSA) is 65.1 Å². The number of ether oxygens (including phenoxy) is 1. The predicted molar refractivity (Wildman–Crippen MR) is 74.0 cm³/mol. The van der Waals surface area contributed by atoms with Gasteiger partial charge in [-0.3, -0.25) is 10.5 Å². The van der Waals surface area contributed by atoms with Crippen molar-refractivity contribution in [1.29, 1.82) is 0 Å². The lowest BCUT2D eigenvalue weighted by atomic mass is 10.00. The highest BCUT2D eigenvalue weighted by Crippen LogP contribution is 2.31. The Morgan fingerprint density at radius 1 is 1.56 bits per heavy atom. The van der Waals surface area contributed by atoms with Gasteiger partial charge in [0.15, 0.2) is 0 Å². The van der Waals surface area contributed by atoms with Gasteiger partial charge in [-0.05, 0) is 49.0 Å². The van der Waals surface area contributed by atoms with Crippen molar-refractivity contribution in [2.45, 2.75) is 51.3 Å². The van der Waals surface area contributed by atoms with E-state index < -0.39 is 0 Å². The van der Waals surface area contributed by atoms with E-state index in [1.807, 2.05) is 10.9 Å². The van der Waals surface area contributed by atoms with Crippen molar-refractivity contribution in [3.63, 3.8) is 0 Å². The Hall–Kier alpha value is -0.430. The third-order valence-electron chi connectivity index (χ3n) is 3.34. The average molecular weight is 317 g/mol. The van der Waals surface area contributed by atoms with Gasteiger partial charge in [0.2, 0.25) is 0 Å². The largest absolute Gasteiger partial charge is 0.376 e. The van der Waals surface area contributed by atoms with Crippen LogP contribution in [0.15, 0.2) is 10.7 Å². The lowest BCUT2D eigenvalue weighted by molar-refractivity contribution is -0.0104. The molecule has 5 nitrogen and oxygen atoms in total. The molecule has 2 unspecified atom stereocenters. The van der Waals surface area contributed by atoms with Crippen LogP contribution in [0.1, 0.15) is 50.9 Å². The Balaban J connectivity index is 2.28. The molecule has 3 N–H and O–H groups in total. The van der Waals surface area contributed by atoms with Crippen molar-refractivity contribution >= 4 is 15.9 Å². The molecule has 0 aliphatic carbocycles. The molecule has 102 valence electrons. The number of aromatic nitrogens is 2. The number of hydrogen-bond donors (Lipinski definition) is 2. The van der Waals surface area contributed by atoms with Gasteiger partial charge in [0, 0.05) is 12.6 Å². The van der Waals surface area contributed by atoms with Gasteiger partial charge in [-0.25, -0.2) is 5.43 Å². The van der Waals surface area contributed by atoms with Crippen LogP contribution in [0.2, 0.25) is 0 Å². The van der Waals surface area contributed by atoms with E-state index in [9.17, 15) is 0 Å². The van der Waals surface area contributed by atoms with E-state index in [0.29, 0.717) is 6.04 Å². The molecule has 1 saturated heterocycles.